The molecule has 19 heavy (non-hydrogen) atoms. The van der Waals surface area contributed by atoms with E-state index in [0.29, 0.717) is 17.1 Å². The smallest absolute Gasteiger partial charge is 0.120 e. The highest BCUT2D eigenvalue weighted by molar-refractivity contribution is 6.30. The molecule has 0 spiro atoms. The number of hydrogen-bond acceptors (Lipinski definition) is 4. The van der Waals surface area contributed by atoms with E-state index < -0.39 is 0 Å². The predicted molar refractivity (Wildman–Crippen MR) is 69.9 cm³/mol. The molecule has 1 aromatic carbocycles. The third-order valence-electron chi connectivity index (χ3n) is 3.12. The zero-order valence-electron chi connectivity index (χ0n) is 9.94. The molecule has 0 N–H and O–H groups in total. The van der Waals surface area contributed by atoms with Crippen molar-refractivity contribution in [2.75, 3.05) is 6.54 Å². The average molecular weight is 272 g/mol. The number of nitriles is 1. The van der Waals surface area contributed by atoms with E-state index in [1.165, 1.54) is 0 Å². The highest BCUT2D eigenvalue weighted by atomic mass is 35.5. The van der Waals surface area contributed by atoms with Gasteiger partial charge in [-0.25, -0.2) is 0 Å². The molecule has 0 fully saturated rings. The monoisotopic (exact) mass is 271 g/mol. The van der Waals surface area contributed by atoms with Gasteiger partial charge < -0.3 is 0 Å². The molecule has 0 aliphatic carbocycles. The highest BCUT2D eigenvalue weighted by Gasteiger charge is 2.29. The Morgan fingerprint density at radius 1 is 1.32 bits per heavy atom. The molecule has 0 bridgehead atoms. The van der Waals surface area contributed by atoms with Crippen LogP contribution >= 0.6 is 11.6 Å². The maximum Gasteiger partial charge on any atom is 0.120 e. The van der Waals surface area contributed by atoms with Crippen molar-refractivity contribution >= 4 is 11.6 Å². The first kappa shape index (κ1) is 11.9. The molecular weight excluding hydrogens is 262 g/mol. The molecule has 6 heteroatoms. The van der Waals surface area contributed by atoms with Gasteiger partial charge in [0.1, 0.15) is 18.2 Å². The van der Waals surface area contributed by atoms with Crippen LogP contribution in [-0.4, -0.2) is 16.3 Å². The van der Waals surface area contributed by atoms with Crippen molar-refractivity contribution in [3.63, 3.8) is 0 Å². The summed E-state index contributed by atoms with van der Waals surface area (Å²) in [5, 5.41) is 22.1. The first-order valence-corrected chi connectivity index (χ1v) is 6.22. The van der Waals surface area contributed by atoms with Crippen LogP contribution in [0.4, 0.5) is 0 Å². The molecule has 1 aliphatic heterocycles. The first-order valence-electron chi connectivity index (χ1n) is 5.84. The van der Waals surface area contributed by atoms with Crippen molar-refractivity contribution in [2.45, 2.75) is 12.1 Å². The van der Waals surface area contributed by atoms with Gasteiger partial charge in [0.25, 0.3) is 0 Å². The number of halogens is 1. The van der Waals surface area contributed by atoms with Crippen LogP contribution in [0.1, 0.15) is 23.2 Å². The summed E-state index contributed by atoms with van der Waals surface area (Å²) in [4.78, 5) is 0. The van der Waals surface area contributed by atoms with Crippen LogP contribution in [0.2, 0.25) is 5.02 Å². The molecule has 2 heterocycles. The molecule has 2 atom stereocenters. The zero-order chi connectivity index (χ0) is 13.2. The number of nitrogens with zero attached hydrogens (tertiary/aromatic N) is 5. The second-order valence-corrected chi connectivity index (χ2v) is 4.76. The van der Waals surface area contributed by atoms with Crippen LogP contribution in [0.5, 0.6) is 0 Å². The van der Waals surface area contributed by atoms with Gasteiger partial charge >= 0.3 is 0 Å². The molecule has 0 saturated carbocycles. The lowest BCUT2D eigenvalue weighted by Crippen LogP contribution is -2.16. The van der Waals surface area contributed by atoms with Crippen molar-refractivity contribution < 1.29 is 0 Å². The maximum atomic E-state index is 8.84. The van der Waals surface area contributed by atoms with Gasteiger partial charge in [0.2, 0.25) is 0 Å². The predicted octanol–water partition coefficient (Wildman–Crippen LogP) is 3.16. The lowest BCUT2D eigenvalue weighted by Gasteiger charge is -2.17. The van der Waals surface area contributed by atoms with E-state index in [1.807, 2.05) is 24.3 Å². The van der Waals surface area contributed by atoms with Crippen LogP contribution < -0.4 is 0 Å². The van der Waals surface area contributed by atoms with E-state index in [-0.39, 0.29) is 12.1 Å². The van der Waals surface area contributed by atoms with Crippen LogP contribution in [0, 0.1) is 11.3 Å². The van der Waals surface area contributed by atoms with E-state index in [2.05, 4.69) is 21.4 Å². The quantitative estimate of drug-likeness (QED) is 0.842. The second kappa shape index (κ2) is 4.82. The van der Waals surface area contributed by atoms with Crippen molar-refractivity contribution in [2.24, 2.45) is 10.2 Å². The summed E-state index contributed by atoms with van der Waals surface area (Å²) in [6, 6.07) is 9.57. The van der Waals surface area contributed by atoms with Gasteiger partial charge in [0.05, 0.1) is 18.3 Å². The fourth-order valence-corrected chi connectivity index (χ4v) is 2.28. The molecule has 0 radical (unpaired) electrons. The Balaban J connectivity index is 1.90. The minimum absolute atomic E-state index is 0.0169. The summed E-state index contributed by atoms with van der Waals surface area (Å²) in [6.07, 6.45) is 3.28. The molecule has 2 aromatic rings. The molecule has 1 aromatic heterocycles. The lowest BCUT2D eigenvalue weighted by atomic mass is 10.0. The number of hydrogen-bond donors (Lipinski definition) is 0. The summed E-state index contributed by atoms with van der Waals surface area (Å²) in [5.74, 6) is 0. The summed E-state index contributed by atoms with van der Waals surface area (Å²) in [6.45, 7) is 0.569. The molecule has 0 amide bonds. The van der Waals surface area contributed by atoms with Crippen molar-refractivity contribution in [3.8, 4) is 6.07 Å². The van der Waals surface area contributed by atoms with Gasteiger partial charge in [-0.2, -0.15) is 20.6 Å². The van der Waals surface area contributed by atoms with E-state index in [9.17, 15) is 0 Å². The Bertz CT molecular complexity index is 652. The van der Waals surface area contributed by atoms with Crippen molar-refractivity contribution in [1.29, 1.82) is 5.26 Å². The normalized spacial score (nSPS) is 21.5. The summed E-state index contributed by atoms with van der Waals surface area (Å²) < 4.78 is 1.76. The Morgan fingerprint density at radius 2 is 2.11 bits per heavy atom. The minimum atomic E-state index is -0.0799. The number of aromatic nitrogens is 2. The van der Waals surface area contributed by atoms with Crippen LogP contribution in [0.15, 0.2) is 46.9 Å². The lowest BCUT2D eigenvalue weighted by molar-refractivity contribution is 0.434. The van der Waals surface area contributed by atoms with Gasteiger partial charge in [0, 0.05) is 11.2 Å². The van der Waals surface area contributed by atoms with Crippen LogP contribution in [0.3, 0.4) is 0 Å². The van der Waals surface area contributed by atoms with Gasteiger partial charge in [-0.1, -0.05) is 23.7 Å². The third-order valence-corrected chi connectivity index (χ3v) is 3.37. The molecule has 5 nitrogen and oxygen atoms in total. The molecule has 0 saturated heterocycles. The Kier molecular flexibility index (Phi) is 3.02. The molecule has 94 valence electrons. The molecule has 3 rings (SSSR count). The fraction of sp³-hybridized carbons (Fsp3) is 0.231. The standard InChI is InChI=1S/C13H10ClN5/c14-11-3-1-10(2-4-11)13-12(7-16-18-13)19-8-9(5-15)6-17-19/h1-4,6,8,12-13H,7H2. The second-order valence-electron chi connectivity index (χ2n) is 4.32. The Hall–Kier alpha value is -2.19. The maximum absolute atomic E-state index is 8.84. The SMILES string of the molecule is N#Cc1cnn(C2CN=NC2c2ccc(Cl)cc2)c1. The van der Waals surface area contributed by atoms with Gasteiger partial charge in [-0.3, -0.25) is 4.68 Å². The summed E-state index contributed by atoms with van der Waals surface area (Å²) >= 11 is 5.89. The van der Waals surface area contributed by atoms with Crippen molar-refractivity contribution in [3.05, 3.63) is 52.8 Å². The van der Waals surface area contributed by atoms with Crippen LogP contribution in [0.25, 0.3) is 0 Å². The van der Waals surface area contributed by atoms with Gasteiger partial charge in [-0.05, 0) is 17.7 Å². The fourth-order valence-electron chi connectivity index (χ4n) is 2.15. The van der Waals surface area contributed by atoms with Crippen LogP contribution in [-0.2, 0) is 0 Å². The van der Waals surface area contributed by atoms with E-state index in [1.54, 1.807) is 17.1 Å². The topological polar surface area (TPSA) is 66.3 Å². The molecule has 1 aliphatic rings. The van der Waals surface area contributed by atoms with Crippen molar-refractivity contribution in [1.82, 2.24) is 9.78 Å². The largest absolute Gasteiger partial charge is 0.264 e. The van der Waals surface area contributed by atoms with E-state index in [0.717, 1.165) is 5.56 Å². The number of azo groups is 1. The highest BCUT2D eigenvalue weighted by Crippen LogP contribution is 2.35. The number of rotatable bonds is 2. The third kappa shape index (κ3) is 2.23. The van der Waals surface area contributed by atoms with E-state index in [4.69, 9.17) is 16.9 Å². The Morgan fingerprint density at radius 3 is 2.79 bits per heavy atom. The average Bonchev–Trinajstić information content (AvgIpc) is 3.07. The summed E-state index contributed by atoms with van der Waals surface area (Å²) in [5.41, 5.74) is 1.59. The number of benzene rings is 1. The Labute approximate surface area is 115 Å². The minimum Gasteiger partial charge on any atom is -0.264 e. The van der Waals surface area contributed by atoms with Gasteiger partial charge in [-0.15, -0.1) is 0 Å². The zero-order valence-corrected chi connectivity index (χ0v) is 10.7. The van der Waals surface area contributed by atoms with E-state index >= 15 is 0 Å². The molecule has 2 unspecified atom stereocenters. The molecular formula is C13H10ClN5. The first-order chi connectivity index (χ1) is 9.28. The van der Waals surface area contributed by atoms with Gasteiger partial charge in [0.15, 0.2) is 0 Å². The summed E-state index contributed by atoms with van der Waals surface area (Å²) in [7, 11) is 0.